The van der Waals surface area contributed by atoms with Crippen LogP contribution in [0.1, 0.15) is 11.1 Å². The van der Waals surface area contributed by atoms with E-state index in [1.807, 2.05) is 0 Å². The predicted molar refractivity (Wildman–Crippen MR) is 45.6 cm³/mol. The van der Waals surface area contributed by atoms with Gasteiger partial charge in [0.2, 0.25) is 0 Å². The molecular formula is C10H7F3IO-. The third kappa shape index (κ3) is 1.97. The molecule has 0 spiro atoms. The summed E-state index contributed by atoms with van der Waals surface area (Å²) in [5.41, 5.74) is -0.240. The number of benzene rings is 1. The zero-order valence-corrected chi connectivity index (χ0v) is 9.63. The normalized spacial score (nSPS) is 16.3. The molecule has 82 valence electrons. The van der Waals surface area contributed by atoms with Crippen LogP contribution in [-0.2, 0) is 6.18 Å². The Kier molecular flexibility index (Phi) is 2.66. The predicted octanol–water partition coefficient (Wildman–Crippen LogP) is -0.123. The first-order chi connectivity index (χ1) is 7.00. The van der Waals surface area contributed by atoms with Gasteiger partial charge in [0, 0.05) is 0 Å². The summed E-state index contributed by atoms with van der Waals surface area (Å²) in [4.78, 5) is 0. The van der Waals surface area contributed by atoms with Crippen molar-refractivity contribution in [3.8, 4) is 0 Å². The third-order valence-electron chi connectivity index (χ3n) is 2.06. The van der Waals surface area contributed by atoms with Gasteiger partial charge in [0.1, 0.15) is 0 Å². The van der Waals surface area contributed by atoms with Crippen LogP contribution in [0.2, 0.25) is 0 Å². The van der Waals surface area contributed by atoms with Crippen LogP contribution >= 0.6 is 0 Å². The van der Waals surface area contributed by atoms with Gasteiger partial charge in [-0.1, -0.05) is 0 Å². The van der Waals surface area contributed by atoms with E-state index in [4.69, 9.17) is 0 Å². The first-order valence-corrected chi connectivity index (χ1v) is 6.79. The number of allylic oxidation sites excluding steroid dienone is 1. The summed E-state index contributed by atoms with van der Waals surface area (Å²) in [6, 6.07) is 3.95. The Labute approximate surface area is 94.9 Å². The Morgan fingerprint density at radius 1 is 1.27 bits per heavy atom. The molecule has 0 saturated carbocycles. The fraction of sp³-hybridized carbons (Fsp3) is 0.200. The van der Waals surface area contributed by atoms with Crippen molar-refractivity contribution in [1.29, 1.82) is 0 Å². The first-order valence-electron chi connectivity index (χ1n) is 4.19. The number of halogens is 4. The van der Waals surface area contributed by atoms with Gasteiger partial charge in [-0.3, -0.25) is 0 Å². The third-order valence-corrected chi connectivity index (χ3v) is 4.87. The van der Waals surface area contributed by atoms with E-state index in [1.165, 1.54) is 12.1 Å². The Morgan fingerprint density at radius 3 is 2.67 bits per heavy atom. The quantitative estimate of drug-likeness (QED) is 0.520. The van der Waals surface area contributed by atoms with Crippen molar-refractivity contribution in [2.45, 2.75) is 6.18 Å². The molecule has 0 aliphatic carbocycles. The fourth-order valence-corrected chi connectivity index (χ4v) is 4.23. The van der Waals surface area contributed by atoms with E-state index in [9.17, 15) is 18.3 Å². The van der Waals surface area contributed by atoms with Gasteiger partial charge in [-0.05, 0) is 0 Å². The van der Waals surface area contributed by atoms with Crippen molar-refractivity contribution in [2.24, 2.45) is 0 Å². The number of hydrogen-bond acceptors (Lipinski definition) is 1. The Hall–Kier alpha value is -0.720. The number of fused-ring (bicyclic) bond motifs is 1. The van der Waals surface area contributed by atoms with Gasteiger partial charge in [-0.2, -0.15) is 0 Å². The van der Waals surface area contributed by atoms with Crippen LogP contribution in [0, 0.1) is 3.57 Å². The molecule has 1 aliphatic heterocycles. The maximum absolute atomic E-state index is 12.6. The van der Waals surface area contributed by atoms with Gasteiger partial charge in [0.25, 0.3) is 0 Å². The molecule has 15 heavy (non-hydrogen) atoms. The average Bonchev–Trinajstić information content (AvgIpc) is 2.16. The Balaban J connectivity index is 2.61. The van der Waals surface area contributed by atoms with E-state index in [2.05, 4.69) is 0 Å². The van der Waals surface area contributed by atoms with Crippen molar-refractivity contribution in [1.82, 2.24) is 0 Å². The monoisotopic (exact) mass is 327 g/mol. The summed E-state index contributed by atoms with van der Waals surface area (Å²) in [6.07, 6.45) is -2.72. The second-order valence-corrected chi connectivity index (χ2v) is 5.76. The van der Waals surface area contributed by atoms with Gasteiger partial charge in [-0.25, -0.2) is 0 Å². The van der Waals surface area contributed by atoms with E-state index >= 15 is 0 Å². The summed E-state index contributed by atoms with van der Waals surface area (Å²) in [6.45, 7) is 0. The molecule has 0 saturated heterocycles. The van der Waals surface area contributed by atoms with E-state index in [1.54, 1.807) is 6.08 Å². The second kappa shape index (κ2) is 3.70. The summed E-state index contributed by atoms with van der Waals surface area (Å²) < 4.78 is 38.7. The standard InChI is InChI=1S/C10H7F3IO/c11-10(12,13)7-3-1-2-6-8(15)4-5-14-9(6)7/h1-4,15H,5H2/q-1. The molecule has 1 aromatic rings. The summed E-state index contributed by atoms with van der Waals surface area (Å²) >= 11 is -0.676. The minimum absolute atomic E-state index is 0.0259. The molecule has 0 aromatic heterocycles. The molecule has 0 fully saturated rings. The number of hydrogen-bond donors (Lipinski definition) is 1. The van der Waals surface area contributed by atoms with Gasteiger partial charge in [0.05, 0.1) is 0 Å². The molecule has 0 amide bonds. The molecular weight excluding hydrogens is 320 g/mol. The van der Waals surface area contributed by atoms with Crippen molar-refractivity contribution in [2.75, 3.05) is 4.43 Å². The maximum atomic E-state index is 12.6. The van der Waals surface area contributed by atoms with Crippen LogP contribution < -0.4 is 21.2 Å². The Morgan fingerprint density at radius 2 is 2.00 bits per heavy atom. The van der Waals surface area contributed by atoms with Crippen LogP contribution in [0.15, 0.2) is 24.3 Å². The zero-order chi connectivity index (χ0) is 11.1. The van der Waals surface area contributed by atoms with Crippen molar-refractivity contribution in [3.63, 3.8) is 0 Å². The second-order valence-electron chi connectivity index (χ2n) is 3.04. The van der Waals surface area contributed by atoms with Crippen molar-refractivity contribution >= 4 is 5.76 Å². The van der Waals surface area contributed by atoms with Crippen LogP contribution in [0.5, 0.6) is 0 Å². The number of aliphatic hydroxyl groups excluding tert-OH is 1. The molecule has 1 nitrogen and oxygen atoms in total. The van der Waals surface area contributed by atoms with Gasteiger partial charge in [0.15, 0.2) is 0 Å². The molecule has 0 radical (unpaired) electrons. The number of rotatable bonds is 0. The molecule has 1 heterocycles. The van der Waals surface area contributed by atoms with Gasteiger partial charge < -0.3 is 0 Å². The molecule has 0 atom stereocenters. The molecule has 2 rings (SSSR count). The average molecular weight is 327 g/mol. The molecule has 1 aromatic carbocycles. The molecule has 5 heteroatoms. The van der Waals surface area contributed by atoms with E-state index in [0.717, 1.165) is 6.07 Å². The summed E-state index contributed by atoms with van der Waals surface area (Å²) in [7, 11) is 0. The van der Waals surface area contributed by atoms with Crippen LogP contribution in [0.4, 0.5) is 13.2 Å². The molecule has 0 unspecified atom stereocenters. The van der Waals surface area contributed by atoms with Crippen molar-refractivity contribution < 1.29 is 39.5 Å². The summed E-state index contributed by atoms with van der Waals surface area (Å²) in [5.74, 6) is -0.0259. The van der Waals surface area contributed by atoms with E-state index in [-0.39, 0.29) is 5.76 Å². The van der Waals surface area contributed by atoms with Crippen molar-refractivity contribution in [3.05, 3.63) is 39.0 Å². The van der Waals surface area contributed by atoms with Crippen LogP contribution in [-0.4, -0.2) is 9.53 Å². The molecule has 1 N–H and O–H groups in total. The zero-order valence-electron chi connectivity index (χ0n) is 7.48. The Bertz CT molecular complexity index is 423. The number of aliphatic hydroxyl groups is 1. The topological polar surface area (TPSA) is 20.2 Å². The number of alkyl halides is 4. The van der Waals surface area contributed by atoms with Crippen LogP contribution in [0.25, 0.3) is 5.76 Å². The first kappa shape index (κ1) is 10.8. The molecule has 0 bridgehead atoms. The SMILES string of the molecule is OC1=CC[I-]c2c1cccc2C(F)(F)F. The minimum atomic E-state index is -4.32. The van der Waals surface area contributed by atoms with Crippen LogP contribution in [0.3, 0.4) is 0 Å². The van der Waals surface area contributed by atoms with Gasteiger partial charge >= 0.3 is 94.8 Å². The van der Waals surface area contributed by atoms with E-state index < -0.39 is 32.9 Å². The van der Waals surface area contributed by atoms with Gasteiger partial charge in [-0.15, -0.1) is 0 Å². The van der Waals surface area contributed by atoms with E-state index in [0.29, 0.717) is 13.6 Å². The summed E-state index contributed by atoms with van der Waals surface area (Å²) in [5, 5.41) is 9.46. The molecule has 1 aliphatic rings. The fourth-order valence-electron chi connectivity index (χ4n) is 1.39.